The molecule has 0 radical (unpaired) electrons. The number of pyridine rings is 1. The van der Waals surface area contributed by atoms with Gasteiger partial charge in [0.25, 0.3) is 0 Å². The maximum atomic E-state index is 8.46. The summed E-state index contributed by atoms with van der Waals surface area (Å²) in [6.45, 7) is 0. The highest BCUT2D eigenvalue weighted by Gasteiger charge is 1.88. The van der Waals surface area contributed by atoms with Gasteiger partial charge in [0.1, 0.15) is 10.7 Å². The number of nitriles is 1. The third kappa shape index (κ3) is 1.23. The summed E-state index contributed by atoms with van der Waals surface area (Å²) in [5.41, 5.74) is 0.635. The summed E-state index contributed by atoms with van der Waals surface area (Å²) in [5, 5.41) is 8.46. The lowest BCUT2D eigenvalue weighted by atomic mass is 10.3. The molecule has 0 N–H and O–H groups in total. The third-order valence-corrected chi connectivity index (χ3v) is 1.64. The molecule has 0 fully saturated rings. The zero-order valence-electron chi connectivity index (χ0n) is 5.53. The van der Waals surface area contributed by atoms with Gasteiger partial charge in [-0.25, -0.2) is 0 Å². The molecule has 50 valence electrons. The van der Waals surface area contributed by atoms with E-state index < -0.39 is 0 Å². The molecule has 1 rings (SSSR count). The van der Waals surface area contributed by atoms with Crippen molar-refractivity contribution in [3.8, 4) is 6.07 Å². The lowest BCUT2D eigenvalue weighted by Gasteiger charge is -1.95. The Hall–Kier alpha value is -1.14. The molecule has 0 aromatic carbocycles. The minimum absolute atomic E-state index is 0.635. The average molecular weight is 150 g/mol. The maximum Gasteiger partial charge on any atom is 0.105 e. The molecule has 0 aliphatic heterocycles. The van der Waals surface area contributed by atoms with Crippen molar-refractivity contribution in [3.05, 3.63) is 28.5 Å². The number of hydrogen-bond donors (Lipinski definition) is 0. The van der Waals surface area contributed by atoms with E-state index in [1.54, 1.807) is 22.9 Å². The second-order valence-electron chi connectivity index (χ2n) is 1.98. The zero-order chi connectivity index (χ0) is 7.56. The Balaban J connectivity index is 3.34. The van der Waals surface area contributed by atoms with E-state index in [2.05, 4.69) is 0 Å². The Bertz CT molecular complexity index is 332. The van der Waals surface area contributed by atoms with Crippen LogP contribution in [0.4, 0.5) is 0 Å². The van der Waals surface area contributed by atoms with Crippen LogP contribution in [0.25, 0.3) is 0 Å². The molecule has 0 amide bonds. The van der Waals surface area contributed by atoms with Crippen molar-refractivity contribution in [2.75, 3.05) is 0 Å². The van der Waals surface area contributed by atoms with Gasteiger partial charge in [0.15, 0.2) is 0 Å². The largest absolute Gasteiger partial charge is 0.341 e. The van der Waals surface area contributed by atoms with Gasteiger partial charge in [0.2, 0.25) is 0 Å². The Morgan fingerprint density at radius 2 is 2.30 bits per heavy atom. The highest BCUT2D eigenvalue weighted by molar-refractivity contribution is 7.71. The Kier molecular flexibility index (Phi) is 1.83. The van der Waals surface area contributed by atoms with Crippen LogP contribution in [0.2, 0.25) is 0 Å². The monoisotopic (exact) mass is 150 g/mol. The van der Waals surface area contributed by atoms with Gasteiger partial charge < -0.3 is 4.57 Å². The molecule has 1 aromatic rings. The molecule has 1 aromatic heterocycles. The number of rotatable bonds is 0. The van der Waals surface area contributed by atoms with Crippen LogP contribution in [0.1, 0.15) is 5.56 Å². The second-order valence-corrected chi connectivity index (χ2v) is 2.40. The molecule has 1 heterocycles. The minimum Gasteiger partial charge on any atom is -0.341 e. The Labute approximate surface area is 64.3 Å². The van der Waals surface area contributed by atoms with E-state index in [4.69, 9.17) is 17.5 Å². The van der Waals surface area contributed by atoms with Gasteiger partial charge in [-0.3, -0.25) is 0 Å². The van der Waals surface area contributed by atoms with Crippen molar-refractivity contribution in [1.29, 1.82) is 5.26 Å². The van der Waals surface area contributed by atoms with E-state index in [0.29, 0.717) is 5.56 Å². The van der Waals surface area contributed by atoms with Gasteiger partial charge in [0.05, 0.1) is 5.56 Å². The van der Waals surface area contributed by atoms with E-state index in [1.165, 1.54) is 0 Å². The smallest absolute Gasteiger partial charge is 0.105 e. The lowest BCUT2D eigenvalue weighted by Crippen LogP contribution is -1.91. The first kappa shape index (κ1) is 6.97. The van der Waals surface area contributed by atoms with E-state index in [0.717, 1.165) is 4.64 Å². The molecule has 0 aliphatic carbocycles. The van der Waals surface area contributed by atoms with E-state index in [-0.39, 0.29) is 0 Å². The molecule has 0 atom stereocenters. The summed E-state index contributed by atoms with van der Waals surface area (Å²) in [5.74, 6) is 0. The van der Waals surface area contributed by atoms with Gasteiger partial charge in [0, 0.05) is 13.2 Å². The van der Waals surface area contributed by atoms with Crippen molar-refractivity contribution in [2.45, 2.75) is 0 Å². The third-order valence-electron chi connectivity index (χ3n) is 1.21. The molecule has 3 heteroatoms. The molecule has 0 saturated carbocycles. The highest BCUT2D eigenvalue weighted by atomic mass is 32.1. The van der Waals surface area contributed by atoms with Crippen LogP contribution in [0.3, 0.4) is 0 Å². The average Bonchev–Trinajstić information content (AvgIpc) is 1.95. The SMILES string of the molecule is Cn1cc(C#N)ccc1=S. The topological polar surface area (TPSA) is 28.7 Å². The van der Waals surface area contributed by atoms with Gasteiger partial charge in [-0.2, -0.15) is 5.26 Å². The number of aryl methyl sites for hydroxylation is 1. The van der Waals surface area contributed by atoms with Crippen LogP contribution >= 0.6 is 12.2 Å². The van der Waals surface area contributed by atoms with E-state index in [9.17, 15) is 0 Å². The fraction of sp³-hybridized carbons (Fsp3) is 0.143. The fourth-order valence-corrected chi connectivity index (χ4v) is 0.781. The first-order chi connectivity index (χ1) is 4.74. The summed E-state index contributed by atoms with van der Waals surface area (Å²) in [6, 6.07) is 5.48. The zero-order valence-corrected chi connectivity index (χ0v) is 6.35. The summed E-state index contributed by atoms with van der Waals surface area (Å²) in [7, 11) is 1.82. The summed E-state index contributed by atoms with van der Waals surface area (Å²) in [4.78, 5) is 0. The van der Waals surface area contributed by atoms with Gasteiger partial charge in [-0.1, -0.05) is 12.2 Å². The second kappa shape index (κ2) is 2.63. The van der Waals surface area contributed by atoms with Crippen molar-refractivity contribution >= 4 is 12.2 Å². The molecule has 0 spiro atoms. The standard InChI is InChI=1S/C7H6N2S/c1-9-5-6(4-8)2-3-7(9)10/h2-3,5H,1H3. The summed E-state index contributed by atoms with van der Waals surface area (Å²) < 4.78 is 2.48. The highest BCUT2D eigenvalue weighted by Crippen LogP contribution is 1.96. The molecule has 10 heavy (non-hydrogen) atoms. The molecule has 0 aliphatic rings. The summed E-state index contributed by atoms with van der Waals surface area (Å²) in [6.07, 6.45) is 1.71. The normalized spacial score (nSPS) is 8.80. The molecule has 2 nitrogen and oxygen atoms in total. The Morgan fingerprint density at radius 1 is 1.60 bits per heavy atom. The van der Waals surface area contributed by atoms with Crippen LogP contribution in [-0.4, -0.2) is 4.57 Å². The molecular formula is C7H6N2S. The first-order valence-electron chi connectivity index (χ1n) is 2.81. The molecule has 0 unspecified atom stereocenters. The molecular weight excluding hydrogens is 144 g/mol. The maximum absolute atomic E-state index is 8.46. The Morgan fingerprint density at radius 3 is 2.80 bits per heavy atom. The lowest BCUT2D eigenvalue weighted by molar-refractivity contribution is 0.884. The van der Waals surface area contributed by atoms with Gasteiger partial charge >= 0.3 is 0 Å². The van der Waals surface area contributed by atoms with Crippen molar-refractivity contribution in [3.63, 3.8) is 0 Å². The van der Waals surface area contributed by atoms with Crippen LogP contribution in [-0.2, 0) is 7.05 Å². The van der Waals surface area contributed by atoms with Crippen molar-refractivity contribution in [1.82, 2.24) is 4.57 Å². The van der Waals surface area contributed by atoms with Crippen molar-refractivity contribution in [2.24, 2.45) is 7.05 Å². The van der Waals surface area contributed by atoms with Crippen LogP contribution in [0, 0.1) is 16.0 Å². The summed E-state index contributed by atoms with van der Waals surface area (Å²) >= 11 is 4.91. The predicted octanol–water partition coefficient (Wildman–Crippen LogP) is 1.63. The molecule has 0 bridgehead atoms. The first-order valence-corrected chi connectivity index (χ1v) is 3.21. The van der Waals surface area contributed by atoms with Gasteiger partial charge in [-0.05, 0) is 12.1 Å². The van der Waals surface area contributed by atoms with Crippen LogP contribution in [0.15, 0.2) is 18.3 Å². The predicted molar refractivity (Wildman–Crippen MR) is 41.0 cm³/mol. The quantitative estimate of drug-likeness (QED) is 0.526. The number of nitrogens with zero attached hydrogens (tertiary/aromatic N) is 2. The van der Waals surface area contributed by atoms with Crippen LogP contribution < -0.4 is 0 Å². The molecule has 0 saturated heterocycles. The van der Waals surface area contributed by atoms with Crippen LogP contribution in [0.5, 0.6) is 0 Å². The number of aromatic nitrogens is 1. The van der Waals surface area contributed by atoms with E-state index >= 15 is 0 Å². The van der Waals surface area contributed by atoms with E-state index in [1.807, 2.05) is 13.1 Å². The minimum atomic E-state index is 0.635. The fourth-order valence-electron chi connectivity index (χ4n) is 0.660. The number of hydrogen-bond acceptors (Lipinski definition) is 2. The van der Waals surface area contributed by atoms with Gasteiger partial charge in [-0.15, -0.1) is 0 Å². The van der Waals surface area contributed by atoms with Crippen molar-refractivity contribution < 1.29 is 0 Å².